The Bertz CT molecular complexity index is 799. The number of hydrogen-bond acceptors (Lipinski definition) is 5. The molecule has 0 bridgehead atoms. The monoisotopic (exact) mass is 422 g/mol. The summed E-state index contributed by atoms with van der Waals surface area (Å²) in [5, 5.41) is 5.16. The Balaban J connectivity index is 0.00000300. The third-order valence-electron chi connectivity index (χ3n) is 5.17. The molecular weight excluding hydrogens is 396 g/mol. The number of piperidine rings is 1. The van der Waals surface area contributed by atoms with Crippen molar-refractivity contribution in [2.45, 2.75) is 57.5 Å². The number of nitrogens with one attached hydrogen (secondary N) is 2. The molecule has 0 radical (unpaired) electrons. The van der Waals surface area contributed by atoms with Crippen molar-refractivity contribution in [2.24, 2.45) is 5.73 Å². The molecule has 3 rings (SSSR count). The number of anilines is 1. The molecule has 4 amide bonds. The van der Waals surface area contributed by atoms with Gasteiger partial charge in [0.2, 0.25) is 17.7 Å². The number of amides is 4. The van der Waals surface area contributed by atoms with Crippen LogP contribution >= 0.6 is 12.4 Å². The van der Waals surface area contributed by atoms with Gasteiger partial charge in [-0.3, -0.25) is 24.5 Å². The molecule has 1 saturated heterocycles. The predicted octanol–water partition coefficient (Wildman–Crippen LogP) is 1.72. The topological polar surface area (TPSA) is 122 Å². The molecule has 4 N–H and O–H groups in total. The first kappa shape index (κ1) is 22.8. The zero-order valence-corrected chi connectivity index (χ0v) is 17.1. The van der Waals surface area contributed by atoms with Gasteiger partial charge >= 0.3 is 0 Å². The lowest BCUT2D eigenvalue weighted by atomic mass is 10.0. The largest absolute Gasteiger partial charge is 0.330 e. The first-order valence-corrected chi connectivity index (χ1v) is 9.77. The summed E-state index contributed by atoms with van der Waals surface area (Å²) < 4.78 is 0. The molecule has 1 aromatic rings. The number of rotatable bonds is 8. The van der Waals surface area contributed by atoms with Crippen LogP contribution in [0, 0.1) is 0 Å². The second-order valence-corrected chi connectivity index (χ2v) is 7.27. The first-order valence-electron chi connectivity index (χ1n) is 9.77. The molecule has 29 heavy (non-hydrogen) atoms. The van der Waals surface area contributed by atoms with Crippen LogP contribution in [0.1, 0.15) is 60.9 Å². The zero-order chi connectivity index (χ0) is 20.1. The Morgan fingerprint density at radius 2 is 1.93 bits per heavy atom. The minimum atomic E-state index is -0.635. The highest BCUT2D eigenvalue weighted by Crippen LogP contribution is 2.29. The number of halogens is 1. The smallest absolute Gasteiger partial charge is 0.255 e. The zero-order valence-electron chi connectivity index (χ0n) is 16.2. The first-order chi connectivity index (χ1) is 13.5. The molecule has 1 atom stereocenters. The molecule has 9 heteroatoms. The minimum Gasteiger partial charge on any atom is -0.330 e. The van der Waals surface area contributed by atoms with Gasteiger partial charge in [-0.05, 0) is 49.6 Å². The highest BCUT2D eigenvalue weighted by molar-refractivity contribution is 6.05. The van der Waals surface area contributed by atoms with E-state index in [2.05, 4.69) is 10.6 Å². The molecular formula is C20H27ClN4O4. The number of nitrogens with two attached hydrogens (primary N) is 1. The fourth-order valence-electron chi connectivity index (χ4n) is 3.66. The molecule has 2 heterocycles. The molecule has 2 aliphatic heterocycles. The Morgan fingerprint density at radius 3 is 2.66 bits per heavy atom. The van der Waals surface area contributed by atoms with Crippen LogP contribution in [0.5, 0.6) is 0 Å². The third kappa shape index (κ3) is 5.55. The number of unbranched alkanes of at least 4 members (excludes halogenated alkanes) is 3. The van der Waals surface area contributed by atoms with Crippen LogP contribution in [0.2, 0.25) is 0 Å². The van der Waals surface area contributed by atoms with Crippen LogP contribution in [0.25, 0.3) is 0 Å². The van der Waals surface area contributed by atoms with Crippen LogP contribution in [0.3, 0.4) is 0 Å². The van der Waals surface area contributed by atoms with Gasteiger partial charge in [0.25, 0.3) is 5.91 Å². The average molecular weight is 423 g/mol. The van der Waals surface area contributed by atoms with E-state index in [1.165, 1.54) is 4.90 Å². The van der Waals surface area contributed by atoms with E-state index in [0.29, 0.717) is 37.2 Å². The molecule has 2 aliphatic rings. The van der Waals surface area contributed by atoms with Crippen molar-refractivity contribution in [3.8, 4) is 0 Å². The number of nitrogens with zero attached hydrogens (tertiary/aromatic N) is 1. The number of fused-ring (bicyclic) bond motifs is 1. The van der Waals surface area contributed by atoms with Gasteiger partial charge in [0.05, 0.1) is 0 Å². The SMILES string of the molecule is Cl.NCCCCCCC(=O)Nc1ccc2c(c1)CN(C1CCC(=O)NC1=O)C2=O. The standard InChI is InChI=1S/C20H26N4O4.ClH/c21-10-4-2-1-3-5-17(25)22-14-6-7-15-13(11-14)12-24(20(15)28)16-8-9-18(26)23-19(16)27;/h6-7,11,16H,1-5,8-10,12,21H2,(H,22,25)(H,23,26,27);1H. The van der Waals surface area contributed by atoms with Crippen LogP contribution in [-0.2, 0) is 20.9 Å². The van der Waals surface area contributed by atoms with Crippen LogP contribution in [0.15, 0.2) is 18.2 Å². The minimum absolute atomic E-state index is 0. The van der Waals surface area contributed by atoms with E-state index in [4.69, 9.17) is 5.73 Å². The van der Waals surface area contributed by atoms with Gasteiger partial charge < -0.3 is 16.0 Å². The van der Waals surface area contributed by atoms with E-state index in [1.54, 1.807) is 18.2 Å². The number of imide groups is 1. The Labute approximate surface area is 176 Å². The van der Waals surface area contributed by atoms with Crippen LogP contribution in [0.4, 0.5) is 5.69 Å². The van der Waals surface area contributed by atoms with Crippen molar-refractivity contribution in [3.05, 3.63) is 29.3 Å². The van der Waals surface area contributed by atoms with Crippen molar-refractivity contribution in [1.82, 2.24) is 10.2 Å². The number of benzene rings is 1. The Morgan fingerprint density at radius 1 is 1.17 bits per heavy atom. The van der Waals surface area contributed by atoms with Crippen molar-refractivity contribution in [1.29, 1.82) is 0 Å². The van der Waals surface area contributed by atoms with Crippen molar-refractivity contribution in [2.75, 3.05) is 11.9 Å². The van der Waals surface area contributed by atoms with Crippen molar-refractivity contribution in [3.63, 3.8) is 0 Å². The number of carbonyl (C=O) groups is 4. The molecule has 0 saturated carbocycles. The molecule has 0 aromatic heterocycles. The van der Waals surface area contributed by atoms with Gasteiger partial charge in [-0.1, -0.05) is 12.8 Å². The predicted molar refractivity (Wildman–Crippen MR) is 111 cm³/mol. The Kier molecular flexibility index (Phi) is 8.16. The summed E-state index contributed by atoms with van der Waals surface area (Å²) in [5.41, 5.74) is 7.40. The summed E-state index contributed by atoms with van der Waals surface area (Å²) in [5.74, 6) is -1.01. The molecule has 1 fully saturated rings. The summed E-state index contributed by atoms with van der Waals surface area (Å²) in [4.78, 5) is 49.6. The van der Waals surface area contributed by atoms with Crippen molar-refractivity contribution >= 4 is 41.7 Å². The molecule has 0 spiro atoms. The molecule has 1 unspecified atom stereocenters. The van der Waals surface area contributed by atoms with Gasteiger partial charge in [-0.15, -0.1) is 12.4 Å². The summed E-state index contributed by atoms with van der Waals surface area (Å²) >= 11 is 0. The molecule has 0 aliphatic carbocycles. The maximum absolute atomic E-state index is 12.6. The fourth-order valence-corrected chi connectivity index (χ4v) is 3.66. The normalized spacial score (nSPS) is 18.2. The van der Waals surface area contributed by atoms with Crippen LogP contribution in [-0.4, -0.2) is 41.1 Å². The molecule has 8 nitrogen and oxygen atoms in total. The van der Waals surface area contributed by atoms with Gasteiger partial charge in [0.1, 0.15) is 6.04 Å². The highest BCUT2D eigenvalue weighted by atomic mass is 35.5. The van der Waals surface area contributed by atoms with E-state index in [1.807, 2.05) is 0 Å². The summed E-state index contributed by atoms with van der Waals surface area (Å²) in [6.07, 6.45) is 4.80. The quantitative estimate of drug-likeness (QED) is 0.435. The van der Waals surface area contributed by atoms with E-state index < -0.39 is 11.9 Å². The molecule has 158 valence electrons. The van der Waals surface area contributed by atoms with E-state index in [-0.39, 0.29) is 36.5 Å². The third-order valence-corrected chi connectivity index (χ3v) is 5.17. The van der Waals surface area contributed by atoms with E-state index >= 15 is 0 Å². The second-order valence-electron chi connectivity index (χ2n) is 7.27. The van der Waals surface area contributed by atoms with E-state index in [0.717, 1.165) is 31.2 Å². The Hall–Kier alpha value is -2.45. The second kappa shape index (κ2) is 10.4. The molecule has 1 aromatic carbocycles. The maximum atomic E-state index is 12.6. The summed E-state index contributed by atoms with van der Waals surface area (Å²) in [7, 11) is 0. The summed E-state index contributed by atoms with van der Waals surface area (Å²) in [6.45, 7) is 0.971. The van der Waals surface area contributed by atoms with E-state index in [9.17, 15) is 19.2 Å². The van der Waals surface area contributed by atoms with Gasteiger partial charge in [-0.2, -0.15) is 0 Å². The highest BCUT2D eigenvalue weighted by Gasteiger charge is 2.39. The lowest BCUT2D eigenvalue weighted by Crippen LogP contribution is -2.52. The maximum Gasteiger partial charge on any atom is 0.255 e. The van der Waals surface area contributed by atoms with Gasteiger partial charge in [0.15, 0.2) is 0 Å². The number of carbonyl (C=O) groups excluding carboxylic acids is 4. The summed E-state index contributed by atoms with van der Waals surface area (Å²) in [6, 6.07) is 4.53. The average Bonchev–Trinajstić information content (AvgIpc) is 2.97. The fraction of sp³-hybridized carbons (Fsp3) is 0.500. The van der Waals surface area contributed by atoms with Crippen LogP contribution < -0.4 is 16.4 Å². The van der Waals surface area contributed by atoms with Gasteiger partial charge in [-0.25, -0.2) is 0 Å². The van der Waals surface area contributed by atoms with Crippen molar-refractivity contribution < 1.29 is 19.2 Å². The lowest BCUT2D eigenvalue weighted by Gasteiger charge is -2.29. The van der Waals surface area contributed by atoms with Gasteiger partial charge in [0, 0.05) is 30.6 Å². The lowest BCUT2D eigenvalue weighted by molar-refractivity contribution is -0.137. The number of hydrogen-bond donors (Lipinski definition) is 3.